The van der Waals surface area contributed by atoms with Crippen LogP contribution in [0.5, 0.6) is 0 Å². The van der Waals surface area contributed by atoms with E-state index < -0.39 is 54.5 Å². The van der Waals surface area contributed by atoms with Crippen LogP contribution in [0.4, 0.5) is 0 Å². The minimum absolute atomic E-state index is 0.0893. The van der Waals surface area contributed by atoms with Gasteiger partial charge in [-0.05, 0) is 19.4 Å². The summed E-state index contributed by atoms with van der Waals surface area (Å²) in [5, 5.41) is 5.35. The topological polar surface area (TPSA) is 191 Å². The Balaban J connectivity index is 2.77. The van der Waals surface area contributed by atoms with Crippen molar-refractivity contribution in [2.75, 3.05) is 39.5 Å². The van der Waals surface area contributed by atoms with Crippen molar-refractivity contribution in [1.29, 1.82) is 0 Å². The van der Waals surface area contributed by atoms with Gasteiger partial charge in [-0.25, -0.2) is 0 Å². The second-order valence-corrected chi connectivity index (χ2v) is 8.30. The smallest absolute Gasteiger partial charge is 0.303 e. The Morgan fingerprint density at radius 2 is 1.54 bits per heavy atom. The van der Waals surface area contributed by atoms with Crippen molar-refractivity contribution < 1.29 is 52.4 Å². The van der Waals surface area contributed by atoms with Crippen molar-refractivity contribution >= 4 is 29.7 Å². The molecule has 0 aromatic carbocycles. The zero-order valence-electron chi connectivity index (χ0n) is 21.8. The molecule has 5 atom stereocenters. The SMILES string of the molecule is CC(=O)NC1C(OCCCOCCNC(=O)CCCN)OC(COC(C)=O)C(OC(C)=O)C1OC(C)=O. The Kier molecular flexibility index (Phi) is 15.3. The Morgan fingerprint density at radius 3 is 2.14 bits per heavy atom. The first-order chi connectivity index (χ1) is 17.5. The summed E-state index contributed by atoms with van der Waals surface area (Å²) in [7, 11) is 0. The van der Waals surface area contributed by atoms with Crippen LogP contribution in [0.25, 0.3) is 0 Å². The molecule has 1 fully saturated rings. The number of carbonyl (C=O) groups is 5. The number of ether oxygens (including phenoxy) is 6. The van der Waals surface area contributed by atoms with E-state index in [4.69, 9.17) is 34.2 Å². The van der Waals surface area contributed by atoms with Gasteiger partial charge >= 0.3 is 17.9 Å². The number of amides is 2. The summed E-state index contributed by atoms with van der Waals surface area (Å²) in [4.78, 5) is 58.4. The molecule has 1 aliphatic heterocycles. The fraction of sp³-hybridized carbons (Fsp3) is 0.783. The maximum Gasteiger partial charge on any atom is 0.303 e. The van der Waals surface area contributed by atoms with Gasteiger partial charge in [0.2, 0.25) is 11.8 Å². The quantitative estimate of drug-likeness (QED) is 0.124. The molecule has 14 heteroatoms. The first-order valence-electron chi connectivity index (χ1n) is 12.1. The largest absolute Gasteiger partial charge is 0.463 e. The maximum absolute atomic E-state index is 11.9. The lowest BCUT2D eigenvalue weighted by Crippen LogP contribution is -2.66. The van der Waals surface area contributed by atoms with Gasteiger partial charge in [0.25, 0.3) is 0 Å². The minimum atomic E-state index is -1.18. The molecule has 5 unspecified atom stereocenters. The molecule has 1 heterocycles. The van der Waals surface area contributed by atoms with E-state index >= 15 is 0 Å². The monoisotopic (exact) mass is 533 g/mol. The van der Waals surface area contributed by atoms with E-state index in [2.05, 4.69) is 10.6 Å². The fourth-order valence-electron chi connectivity index (χ4n) is 3.51. The van der Waals surface area contributed by atoms with E-state index in [-0.39, 0.29) is 19.1 Å². The van der Waals surface area contributed by atoms with Gasteiger partial charge in [-0.3, -0.25) is 24.0 Å². The van der Waals surface area contributed by atoms with Gasteiger partial charge in [0.05, 0.1) is 13.2 Å². The summed E-state index contributed by atoms with van der Waals surface area (Å²) in [6.45, 7) is 6.06. The normalized spacial score (nSPS) is 23.0. The molecule has 0 saturated carbocycles. The van der Waals surface area contributed by atoms with Gasteiger partial charge in [0.15, 0.2) is 18.5 Å². The van der Waals surface area contributed by atoms with E-state index in [0.717, 1.165) is 6.92 Å². The number of esters is 3. The standard InChI is InChI=1S/C23H39N3O11/c1-14(27)26-20-22(36-17(4)30)21(35-16(3)29)18(13-34-15(2)28)37-23(20)33-11-6-10-32-12-9-25-19(31)7-5-8-24/h18,20-23H,5-13,24H2,1-4H3,(H,25,31)(H,26,27). The number of carbonyl (C=O) groups excluding carboxylic acids is 5. The summed E-state index contributed by atoms with van der Waals surface area (Å²) in [6, 6.07) is -1.02. The molecule has 14 nitrogen and oxygen atoms in total. The van der Waals surface area contributed by atoms with Crippen LogP contribution in [0.1, 0.15) is 47.0 Å². The van der Waals surface area contributed by atoms with E-state index in [9.17, 15) is 24.0 Å². The molecule has 0 bridgehead atoms. The molecule has 37 heavy (non-hydrogen) atoms. The van der Waals surface area contributed by atoms with Crippen molar-refractivity contribution in [3.63, 3.8) is 0 Å². The van der Waals surface area contributed by atoms with Crippen LogP contribution in [0, 0.1) is 0 Å². The third-order valence-corrected chi connectivity index (χ3v) is 4.96. The molecular weight excluding hydrogens is 494 g/mol. The van der Waals surface area contributed by atoms with Crippen LogP contribution < -0.4 is 16.4 Å². The summed E-state index contributed by atoms with van der Waals surface area (Å²) in [6.07, 6.45) is -3.09. The van der Waals surface area contributed by atoms with Crippen LogP contribution in [0.15, 0.2) is 0 Å². The lowest BCUT2D eigenvalue weighted by Gasteiger charge is -2.44. The lowest BCUT2D eigenvalue weighted by molar-refractivity contribution is -0.278. The zero-order chi connectivity index (χ0) is 27.8. The van der Waals surface area contributed by atoms with Gasteiger partial charge < -0.3 is 44.8 Å². The lowest BCUT2D eigenvalue weighted by atomic mass is 9.96. The molecule has 1 aliphatic rings. The van der Waals surface area contributed by atoms with E-state index in [1.807, 2.05) is 0 Å². The maximum atomic E-state index is 11.9. The second-order valence-electron chi connectivity index (χ2n) is 8.30. The Hall–Kier alpha value is -2.81. The molecule has 0 spiro atoms. The van der Waals surface area contributed by atoms with Crippen molar-refractivity contribution in [3.8, 4) is 0 Å². The third-order valence-electron chi connectivity index (χ3n) is 4.96. The predicted octanol–water partition coefficient (Wildman–Crippen LogP) is -1.08. The number of hydrogen-bond donors (Lipinski definition) is 3. The molecule has 0 aliphatic carbocycles. The Bertz CT molecular complexity index is 764. The van der Waals surface area contributed by atoms with Gasteiger partial charge in [-0.2, -0.15) is 0 Å². The second kappa shape index (κ2) is 17.6. The molecule has 0 radical (unpaired) electrons. The summed E-state index contributed by atoms with van der Waals surface area (Å²) in [5.74, 6) is -2.52. The highest BCUT2D eigenvalue weighted by atomic mass is 16.7. The number of hydrogen-bond acceptors (Lipinski definition) is 12. The van der Waals surface area contributed by atoms with Crippen LogP contribution >= 0.6 is 0 Å². The average molecular weight is 534 g/mol. The highest BCUT2D eigenvalue weighted by molar-refractivity contribution is 5.75. The Labute approximate surface area is 216 Å². The van der Waals surface area contributed by atoms with E-state index in [1.165, 1.54) is 20.8 Å². The van der Waals surface area contributed by atoms with Gasteiger partial charge in [0.1, 0.15) is 18.8 Å². The average Bonchev–Trinajstić information content (AvgIpc) is 2.80. The number of rotatable bonds is 16. The van der Waals surface area contributed by atoms with E-state index in [1.54, 1.807) is 0 Å². The van der Waals surface area contributed by atoms with Gasteiger partial charge in [-0.1, -0.05) is 0 Å². The first-order valence-corrected chi connectivity index (χ1v) is 12.1. The highest BCUT2D eigenvalue weighted by Gasteiger charge is 2.51. The molecule has 0 aromatic rings. The molecule has 2 amide bonds. The summed E-state index contributed by atoms with van der Waals surface area (Å²) < 4.78 is 33.0. The molecule has 0 aromatic heterocycles. The van der Waals surface area contributed by atoms with Crippen LogP contribution in [0.2, 0.25) is 0 Å². The molecule has 4 N–H and O–H groups in total. The third kappa shape index (κ3) is 13.3. The first kappa shape index (κ1) is 32.2. The molecular formula is C23H39N3O11. The van der Waals surface area contributed by atoms with Crippen LogP contribution in [-0.4, -0.2) is 99.9 Å². The van der Waals surface area contributed by atoms with Gasteiger partial charge in [-0.15, -0.1) is 0 Å². The van der Waals surface area contributed by atoms with Gasteiger partial charge in [0, 0.05) is 47.3 Å². The van der Waals surface area contributed by atoms with Crippen molar-refractivity contribution in [2.45, 2.75) is 77.6 Å². The molecule has 1 saturated heterocycles. The summed E-state index contributed by atoms with van der Waals surface area (Å²) in [5.41, 5.74) is 5.37. The molecule has 1 rings (SSSR count). The highest BCUT2D eigenvalue weighted by Crippen LogP contribution is 2.28. The van der Waals surface area contributed by atoms with Crippen molar-refractivity contribution in [3.05, 3.63) is 0 Å². The van der Waals surface area contributed by atoms with Crippen LogP contribution in [-0.2, 0) is 52.4 Å². The van der Waals surface area contributed by atoms with Crippen LogP contribution in [0.3, 0.4) is 0 Å². The predicted molar refractivity (Wildman–Crippen MR) is 127 cm³/mol. The minimum Gasteiger partial charge on any atom is -0.463 e. The Morgan fingerprint density at radius 1 is 0.865 bits per heavy atom. The zero-order valence-corrected chi connectivity index (χ0v) is 21.8. The molecule has 212 valence electrons. The number of nitrogens with one attached hydrogen (secondary N) is 2. The fourth-order valence-corrected chi connectivity index (χ4v) is 3.51. The van der Waals surface area contributed by atoms with Crippen molar-refractivity contribution in [2.24, 2.45) is 5.73 Å². The van der Waals surface area contributed by atoms with Crippen molar-refractivity contribution in [1.82, 2.24) is 10.6 Å². The number of nitrogens with two attached hydrogens (primary N) is 1. The summed E-state index contributed by atoms with van der Waals surface area (Å²) >= 11 is 0. The van der Waals surface area contributed by atoms with E-state index in [0.29, 0.717) is 45.6 Å².